The van der Waals surface area contributed by atoms with Crippen molar-refractivity contribution >= 4 is 33.1 Å². The number of benzene rings is 1. The van der Waals surface area contributed by atoms with Crippen LogP contribution in [-0.4, -0.2) is 15.9 Å². The first-order valence-corrected chi connectivity index (χ1v) is 8.67. The smallest absolute Gasteiger partial charge is 0.259 e. The zero-order chi connectivity index (χ0) is 16.2. The van der Waals surface area contributed by atoms with Crippen molar-refractivity contribution in [2.75, 3.05) is 5.32 Å². The van der Waals surface area contributed by atoms with Crippen LogP contribution in [-0.2, 0) is 12.8 Å². The van der Waals surface area contributed by atoms with Gasteiger partial charge in [-0.2, -0.15) is 0 Å². The molecule has 118 valence electrons. The molecule has 1 N–H and O–H groups in total. The Labute approximate surface area is 139 Å². The van der Waals surface area contributed by atoms with Gasteiger partial charge in [-0.25, -0.2) is 4.98 Å². The van der Waals surface area contributed by atoms with Crippen LogP contribution in [0, 0.1) is 0 Å². The summed E-state index contributed by atoms with van der Waals surface area (Å²) in [5.74, 6) is -0.159. The quantitative estimate of drug-likeness (QED) is 0.753. The molecule has 1 amide bonds. The molecule has 0 bridgehead atoms. The van der Waals surface area contributed by atoms with Crippen molar-refractivity contribution in [1.82, 2.24) is 9.97 Å². The van der Waals surface area contributed by atoms with Crippen molar-refractivity contribution in [2.45, 2.75) is 33.1 Å². The highest BCUT2D eigenvalue weighted by atomic mass is 32.1. The first-order chi connectivity index (χ1) is 11.2. The summed E-state index contributed by atoms with van der Waals surface area (Å²) >= 11 is 1.56. The van der Waals surface area contributed by atoms with E-state index in [9.17, 15) is 4.79 Å². The fourth-order valence-electron chi connectivity index (χ4n) is 2.61. The Kier molecular flexibility index (Phi) is 4.67. The van der Waals surface area contributed by atoms with Crippen LogP contribution in [0.2, 0.25) is 0 Å². The minimum Gasteiger partial charge on any atom is -0.298 e. The van der Waals surface area contributed by atoms with Crippen molar-refractivity contribution in [3.8, 4) is 0 Å². The lowest BCUT2D eigenvalue weighted by Gasteiger charge is -2.05. The summed E-state index contributed by atoms with van der Waals surface area (Å²) in [6.07, 6.45) is 6.32. The van der Waals surface area contributed by atoms with Gasteiger partial charge in [0.15, 0.2) is 5.13 Å². The van der Waals surface area contributed by atoms with Crippen LogP contribution in [0.15, 0.2) is 36.7 Å². The maximum Gasteiger partial charge on any atom is 0.259 e. The zero-order valence-electron chi connectivity index (χ0n) is 13.3. The molecule has 0 fully saturated rings. The fraction of sp³-hybridized carbons (Fsp3) is 0.278. The molecule has 0 unspecified atom stereocenters. The maximum absolute atomic E-state index is 12.6. The van der Waals surface area contributed by atoms with Gasteiger partial charge in [-0.1, -0.05) is 44.5 Å². The molecule has 0 spiro atoms. The molecule has 2 aromatic heterocycles. The molecule has 0 aliphatic rings. The van der Waals surface area contributed by atoms with Gasteiger partial charge in [0.25, 0.3) is 5.91 Å². The predicted octanol–water partition coefficient (Wildman–Crippen LogP) is 4.46. The van der Waals surface area contributed by atoms with Crippen LogP contribution in [0.25, 0.3) is 10.8 Å². The summed E-state index contributed by atoms with van der Waals surface area (Å²) in [6.45, 7) is 4.26. The average Bonchev–Trinajstić information content (AvgIpc) is 2.96. The number of nitrogens with one attached hydrogen (secondary N) is 1. The lowest BCUT2D eigenvalue weighted by molar-refractivity contribution is 0.102. The van der Waals surface area contributed by atoms with Crippen LogP contribution >= 0.6 is 11.3 Å². The Bertz CT molecular complexity index is 836. The van der Waals surface area contributed by atoms with E-state index in [-0.39, 0.29) is 5.91 Å². The van der Waals surface area contributed by atoms with Gasteiger partial charge in [0, 0.05) is 22.7 Å². The van der Waals surface area contributed by atoms with E-state index in [2.05, 4.69) is 29.1 Å². The molecular weight excluding hydrogens is 306 g/mol. The van der Waals surface area contributed by atoms with Crippen LogP contribution in [0.5, 0.6) is 0 Å². The second-order valence-electron chi connectivity index (χ2n) is 5.35. The summed E-state index contributed by atoms with van der Waals surface area (Å²) in [4.78, 5) is 22.6. The van der Waals surface area contributed by atoms with E-state index >= 15 is 0 Å². The number of aryl methyl sites for hydroxylation is 2. The van der Waals surface area contributed by atoms with Gasteiger partial charge in [0.2, 0.25) is 0 Å². The van der Waals surface area contributed by atoms with Gasteiger partial charge in [-0.3, -0.25) is 15.1 Å². The lowest BCUT2D eigenvalue weighted by Crippen LogP contribution is -2.12. The van der Waals surface area contributed by atoms with E-state index in [1.54, 1.807) is 23.7 Å². The summed E-state index contributed by atoms with van der Waals surface area (Å²) in [6, 6.07) is 7.76. The predicted molar refractivity (Wildman–Crippen MR) is 95.2 cm³/mol. The highest BCUT2D eigenvalue weighted by Gasteiger charge is 2.15. The number of pyridine rings is 1. The molecule has 0 saturated heterocycles. The number of aromatic nitrogens is 2. The van der Waals surface area contributed by atoms with E-state index in [0.29, 0.717) is 10.7 Å². The van der Waals surface area contributed by atoms with Gasteiger partial charge >= 0.3 is 0 Å². The molecule has 23 heavy (non-hydrogen) atoms. The van der Waals surface area contributed by atoms with Crippen molar-refractivity contribution in [2.24, 2.45) is 0 Å². The van der Waals surface area contributed by atoms with Gasteiger partial charge in [0.1, 0.15) is 0 Å². The Morgan fingerprint density at radius 2 is 2.04 bits per heavy atom. The third-order valence-electron chi connectivity index (χ3n) is 3.72. The molecule has 3 rings (SSSR count). The summed E-state index contributed by atoms with van der Waals surface area (Å²) in [7, 11) is 0. The first-order valence-electron chi connectivity index (χ1n) is 7.85. The summed E-state index contributed by atoms with van der Waals surface area (Å²) < 4.78 is 0. The largest absolute Gasteiger partial charge is 0.298 e. The molecule has 1 aromatic carbocycles. The Balaban J connectivity index is 1.89. The normalized spacial score (nSPS) is 10.9. The van der Waals surface area contributed by atoms with Crippen LogP contribution in [0.1, 0.15) is 41.2 Å². The van der Waals surface area contributed by atoms with Gasteiger partial charge < -0.3 is 0 Å². The SMILES string of the molecule is CCCc1nc(NC(=O)c2cncc3ccccc23)sc1CC. The maximum atomic E-state index is 12.6. The number of hydrogen-bond acceptors (Lipinski definition) is 4. The van der Waals surface area contributed by atoms with Gasteiger partial charge in [-0.05, 0) is 18.2 Å². The summed E-state index contributed by atoms with van der Waals surface area (Å²) in [5.41, 5.74) is 1.68. The molecular formula is C18H19N3OS. The van der Waals surface area contributed by atoms with E-state index in [0.717, 1.165) is 35.7 Å². The molecule has 0 saturated carbocycles. The molecule has 0 radical (unpaired) electrons. The summed E-state index contributed by atoms with van der Waals surface area (Å²) in [5, 5.41) is 5.46. The minimum atomic E-state index is -0.159. The number of carbonyl (C=O) groups excluding carboxylic acids is 1. The number of nitrogens with zero attached hydrogens (tertiary/aromatic N) is 2. The second kappa shape index (κ2) is 6.87. The van der Waals surface area contributed by atoms with Crippen LogP contribution in [0.4, 0.5) is 5.13 Å². The average molecular weight is 325 g/mol. The highest BCUT2D eigenvalue weighted by molar-refractivity contribution is 7.15. The van der Waals surface area contributed by atoms with Crippen LogP contribution in [0.3, 0.4) is 0 Å². The van der Waals surface area contributed by atoms with E-state index in [1.807, 2.05) is 24.3 Å². The molecule has 0 aliphatic carbocycles. The highest BCUT2D eigenvalue weighted by Crippen LogP contribution is 2.26. The Hall–Kier alpha value is -2.27. The van der Waals surface area contributed by atoms with Gasteiger partial charge in [-0.15, -0.1) is 11.3 Å². The first kappa shape index (κ1) is 15.6. The second-order valence-corrected chi connectivity index (χ2v) is 6.44. The van der Waals surface area contributed by atoms with Crippen molar-refractivity contribution < 1.29 is 4.79 Å². The number of anilines is 1. The Morgan fingerprint density at radius 1 is 1.22 bits per heavy atom. The number of rotatable bonds is 5. The number of carbonyl (C=O) groups is 1. The van der Waals surface area contributed by atoms with E-state index in [4.69, 9.17) is 0 Å². The number of amides is 1. The molecule has 2 heterocycles. The number of thiazole rings is 1. The van der Waals surface area contributed by atoms with Crippen LogP contribution < -0.4 is 5.32 Å². The van der Waals surface area contributed by atoms with E-state index in [1.165, 1.54) is 4.88 Å². The van der Waals surface area contributed by atoms with Crippen molar-refractivity contribution in [3.05, 3.63) is 52.8 Å². The molecule has 3 aromatic rings. The third kappa shape index (κ3) is 3.24. The minimum absolute atomic E-state index is 0.159. The molecule has 5 heteroatoms. The molecule has 4 nitrogen and oxygen atoms in total. The third-order valence-corrected chi connectivity index (χ3v) is 4.88. The zero-order valence-corrected chi connectivity index (χ0v) is 14.1. The van der Waals surface area contributed by atoms with Gasteiger partial charge in [0.05, 0.1) is 11.3 Å². The number of fused-ring (bicyclic) bond motifs is 1. The Morgan fingerprint density at radius 3 is 2.83 bits per heavy atom. The monoisotopic (exact) mass is 325 g/mol. The van der Waals surface area contributed by atoms with Crippen molar-refractivity contribution in [1.29, 1.82) is 0 Å². The number of hydrogen-bond donors (Lipinski definition) is 1. The topological polar surface area (TPSA) is 54.9 Å². The standard InChI is InChI=1S/C18H19N3OS/c1-3-7-15-16(4-2)23-18(20-15)21-17(22)14-11-19-10-12-8-5-6-9-13(12)14/h5-6,8-11H,3-4,7H2,1-2H3,(H,20,21,22). The lowest BCUT2D eigenvalue weighted by atomic mass is 10.1. The van der Waals surface area contributed by atoms with E-state index < -0.39 is 0 Å². The fourth-order valence-corrected chi connectivity index (χ4v) is 3.55. The molecule has 0 aliphatic heterocycles. The molecule has 0 atom stereocenters. The van der Waals surface area contributed by atoms with Crippen molar-refractivity contribution in [3.63, 3.8) is 0 Å².